The van der Waals surface area contributed by atoms with Gasteiger partial charge < -0.3 is 40.6 Å². The summed E-state index contributed by atoms with van der Waals surface area (Å²) >= 11 is 0. The summed E-state index contributed by atoms with van der Waals surface area (Å²) in [5, 5.41) is 42.9. The number of aromatic amines is 1. The van der Waals surface area contributed by atoms with Crippen LogP contribution in [-0.2, 0) is 26.7 Å². The number of phenols is 1. The molecule has 3 aliphatic rings. The molecule has 2 unspecified atom stereocenters. The van der Waals surface area contributed by atoms with Crippen LogP contribution in [-0.4, -0.2) is 84.1 Å². The minimum absolute atomic E-state index is 0.0586. The first-order valence-corrected chi connectivity index (χ1v) is 20.2. The number of benzene rings is 4. The van der Waals surface area contributed by atoms with Gasteiger partial charge in [-0.3, -0.25) is 19.2 Å². The molecular weight excluding hydrogens is 763 g/mol. The summed E-state index contributed by atoms with van der Waals surface area (Å²) in [5.74, 6) is 0.527. The van der Waals surface area contributed by atoms with Crippen molar-refractivity contribution >= 4 is 22.9 Å². The summed E-state index contributed by atoms with van der Waals surface area (Å²) < 4.78 is 7.87. The fourth-order valence-corrected chi connectivity index (χ4v) is 8.59. The summed E-state index contributed by atoms with van der Waals surface area (Å²) in [7, 11) is 1.76. The normalized spacial score (nSPS) is 18.2. The maximum atomic E-state index is 13.2. The van der Waals surface area contributed by atoms with Crippen LogP contribution in [0.3, 0.4) is 0 Å². The van der Waals surface area contributed by atoms with Crippen LogP contribution in [0.5, 0.6) is 11.5 Å². The molecule has 6 N–H and O–H groups in total. The molecule has 4 aromatic carbocycles. The van der Waals surface area contributed by atoms with Crippen LogP contribution in [0.25, 0.3) is 10.9 Å². The van der Waals surface area contributed by atoms with E-state index in [1.807, 2.05) is 78.9 Å². The monoisotopic (exact) mass is 811 g/mol. The number of carbonyl (C=O) groups is 2. The third kappa shape index (κ3) is 8.90. The topological polar surface area (TPSA) is 185 Å². The molecule has 6 aromatic rings. The van der Waals surface area contributed by atoms with Crippen molar-refractivity contribution in [2.45, 2.75) is 50.7 Å². The highest BCUT2D eigenvalue weighted by molar-refractivity contribution is 5.92. The smallest absolute Gasteiger partial charge is 0.408 e. The molecule has 2 aromatic heterocycles. The third-order valence-electron chi connectivity index (χ3n) is 11.8. The SMILES string of the molecule is Cn1nc(C(=O)NCc2ccc(CNCC(O)c3ccc(O)c4[nH]c(=O)ccc34)cc2)cc1COc1cccc([C@H](c2ccccc2)N(C(=O)O)C2CN3CCC2CC3)c1. The van der Waals surface area contributed by atoms with Gasteiger partial charge in [0.1, 0.15) is 18.1 Å². The minimum atomic E-state index is -0.934. The van der Waals surface area contributed by atoms with Crippen molar-refractivity contribution in [2.24, 2.45) is 13.0 Å². The zero-order valence-electron chi connectivity index (χ0n) is 33.3. The van der Waals surface area contributed by atoms with E-state index in [2.05, 4.69) is 25.6 Å². The van der Waals surface area contributed by atoms with Gasteiger partial charge in [0.05, 0.1) is 29.4 Å². The van der Waals surface area contributed by atoms with Gasteiger partial charge in [0.2, 0.25) is 5.56 Å². The van der Waals surface area contributed by atoms with Crippen LogP contribution in [0.15, 0.2) is 114 Å². The number of amides is 2. The second kappa shape index (κ2) is 17.8. The van der Waals surface area contributed by atoms with Crippen molar-refractivity contribution in [2.75, 3.05) is 26.2 Å². The Bertz CT molecular complexity index is 2520. The quantitative estimate of drug-likeness (QED) is 0.0778. The second-order valence-corrected chi connectivity index (χ2v) is 15.6. The van der Waals surface area contributed by atoms with E-state index in [1.165, 1.54) is 12.1 Å². The lowest BCUT2D eigenvalue weighted by atomic mass is 9.81. The molecule has 14 nitrogen and oxygen atoms in total. The van der Waals surface area contributed by atoms with Gasteiger partial charge in [0.25, 0.3) is 5.91 Å². The van der Waals surface area contributed by atoms with Gasteiger partial charge >= 0.3 is 6.09 Å². The number of hydrogen-bond donors (Lipinski definition) is 6. The number of ether oxygens (including phenoxy) is 1. The zero-order valence-corrected chi connectivity index (χ0v) is 33.3. The summed E-state index contributed by atoms with van der Waals surface area (Å²) in [6.45, 7) is 3.96. The number of H-pyrrole nitrogens is 1. The number of pyridine rings is 1. The number of carbonyl (C=O) groups excluding carboxylic acids is 1. The van der Waals surface area contributed by atoms with Crippen molar-refractivity contribution < 1.29 is 29.6 Å². The van der Waals surface area contributed by atoms with E-state index >= 15 is 0 Å². The number of nitrogens with zero attached hydrogens (tertiary/aromatic N) is 4. The lowest BCUT2D eigenvalue weighted by Gasteiger charge is -2.50. The highest BCUT2D eigenvalue weighted by Gasteiger charge is 2.43. The number of nitrogens with one attached hydrogen (secondary N) is 3. The molecule has 0 spiro atoms. The summed E-state index contributed by atoms with van der Waals surface area (Å²) in [6.07, 6.45) is 0.196. The van der Waals surface area contributed by atoms with E-state index in [0.29, 0.717) is 41.4 Å². The Balaban J connectivity index is 0.856. The van der Waals surface area contributed by atoms with Crippen LogP contribution < -0.4 is 20.9 Å². The van der Waals surface area contributed by atoms with E-state index in [0.717, 1.165) is 54.7 Å². The fraction of sp³-hybridized carbons (Fsp3) is 0.304. The third-order valence-corrected chi connectivity index (χ3v) is 11.8. The van der Waals surface area contributed by atoms with Gasteiger partial charge in [-0.15, -0.1) is 0 Å². The van der Waals surface area contributed by atoms with Gasteiger partial charge in [-0.05, 0) is 90.0 Å². The average Bonchev–Trinajstić information content (AvgIpc) is 3.65. The van der Waals surface area contributed by atoms with Gasteiger partial charge in [0.15, 0.2) is 5.69 Å². The van der Waals surface area contributed by atoms with Gasteiger partial charge in [-0.25, -0.2) is 4.79 Å². The standard InChI is InChI=1S/C46H49N7O7/c1-51-34(28-60-35-9-5-8-33(22-35)44(32-6-3-2-4-7-32)53(46(58)59)39-27-52-20-18-31(39)19-21-52)23-38(50-51)45(57)48-25-30-12-10-29(11-13-30)24-47-26-41(55)36-14-16-40(54)43-37(36)15-17-42(56)49-43/h2-17,22-23,31,39,41,44,47,54-55H,18-21,24-28H2,1H3,(H,48,57)(H,49,56)(H,58,59)/t39?,41?,44-/m0/s1. The van der Waals surface area contributed by atoms with Crippen molar-refractivity contribution in [3.63, 3.8) is 0 Å². The van der Waals surface area contributed by atoms with Crippen molar-refractivity contribution in [3.05, 3.63) is 159 Å². The van der Waals surface area contributed by atoms with E-state index in [-0.39, 0.29) is 47.6 Å². The number of aliphatic hydroxyl groups is 1. The van der Waals surface area contributed by atoms with Gasteiger partial charge in [-0.1, -0.05) is 72.8 Å². The molecule has 3 atom stereocenters. The number of piperidine rings is 3. The number of hydrogen-bond acceptors (Lipinski definition) is 9. The predicted octanol–water partition coefficient (Wildman–Crippen LogP) is 5.46. The molecule has 3 saturated heterocycles. The number of aromatic nitrogens is 3. The number of aromatic hydroxyl groups is 1. The Hall–Kier alpha value is -6.48. The number of fused-ring (bicyclic) bond motifs is 4. The van der Waals surface area contributed by atoms with Gasteiger partial charge in [-0.2, -0.15) is 5.10 Å². The van der Waals surface area contributed by atoms with Crippen molar-refractivity contribution in [1.29, 1.82) is 0 Å². The molecule has 2 bridgehead atoms. The van der Waals surface area contributed by atoms with Crippen molar-refractivity contribution in [1.82, 2.24) is 35.2 Å². The maximum Gasteiger partial charge on any atom is 0.408 e. The van der Waals surface area contributed by atoms with E-state index in [9.17, 15) is 29.7 Å². The Labute approximate surface area is 347 Å². The van der Waals surface area contributed by atoms with E-state index < -0.39 is 18.2 Å². The number of carboxylic acid groups (broad SMARTS) is 1. The maximum absolute atomic E-state index is 13.2. The van der Waals surface area contributed by atoms with Crippen LogP contribution >= 0.6 is 0 Å². The Morgan fingerprint density at radius 3 is 2.37 bits per heavy atom. The molecule has 310 valence electrons. The Morgan fingerprint density at radius 1 is 0.917 bits per heavy atom. The molecule has 5 heterocycles. The largest absolute Gasteiger partial charge is 0.506 e. The number of phenolic OH excluding ortho intramolecular Hbond substituents is 1. The lowest BCUT2D eigenvalue weighted by Crippen LogP contribution is -2.59. The predicted molar refractivity (Wildman–Crippen MR) is 226 cm³/mol. The summed E-state index contributed by atoms with van der Waals surface area (Å²) in [5.41, 5.74) is 5.11. The van der Waals surface area contributed by atoms with Crippen molar-refractivity contribution in [3.8, 4) is 11.5 Å². The minimum Gasteiger partial charge on any atom is -0.506 e. The molecule has 0 radical (unpaired) electrons. The number of rotatable bonds is 15. The number of aryl methyl sites for hydroxylation is 1. The Morgan fingerprint density at radius 2 is 1.65 bits per heavy atom. The molecule has 0 saturated carbocycles. The molecule has 3 aliphatic heterocycles. The van der Waals surface area contributed by atoms with E-state index in [4.69, 9.17) is 4.74 Å². The number of aliphatic hydroxyl groups excluding tert-OH is 1. The van der Waals surface area contributed by atoms with Crippen LogP contribution in [0.1, 0.15) is 69.0 Å². The van der Waals surface area contributed by atoms with Crippen LogP contribution in [0.4, 0.5) is 4.79 Å². The molecule has 60 heavy (non-hydrogen) atoms. The summed E-state index contributed by atoms with van der Waals surface area (Å²) in [4.78, 5) is 44.6. The summed E-state index contributed by atoms with van der Waals surface area (Å²) in [6, 6.07) is 32.3. The van der Waals surface area contributed by atoms with Crippen LogP contribution in [0.2, 0.25) is 0 Å². The highest BCUT2D eigenvalue weighted by atomic mass is 16.5. The average molecular weight is 812 g/mol. The molecule has 2 amide bonds. The fourth-order valence-electron chi connectivity index (χ4n) is 8.59. The molecular formula is C46H49N7O7. The Kier molecular flexibility index (Phi) is 12.0. The zero-order chi connectivity index (χ0) is 41.8. The molecule has 0 aliphatic carbocycles. The molecule has 9 rings (SSSR count). The van der Waals surface area contributed by atoms with E-state index in [1.54, 1.807) is 34.8 Å². The molecule has 3 fully saturated rings. The van der Waals surface area contributed by atoms with Gasteiger partial charge in [0, 0.05) is 44.7 Å². The second-order valence-electron chi connectivity index (χ2n) is 15.6. The highest BCUT2D eigenvalue weighted by Crippen LogP contribution is 2.39. The first kappa shape index (κ1) is 40.3. The van der Waals surface area contributed by atoms with Crippen LogP contribution in [0, 0.1) is 5.92 Å². The first-order valence-electron chi connectivity index (χ1n) is 20.2. The lowest BCUT2D eigenvalue weighted by molar-refractivity contribution is -0.000814. The first-order chi connectivity index (χ1) is 29.1. The molecule has 14 heteroatoms.